The Bertz CT molecular complexity index is 167. The van der Waals surface area contributed by atoms with Crippen molar-refractivity contribution < 1.29 is 9.90 Å². The number of hydrogen-bond acceptors (Lipinski definition) is 1. The summed E-state index contributed by atoms with van der Waals surface area (Å²) in [5.74, 6) is 0.880. The predicted molar refractivity (Wildman–Crippen MR) is 51.4 cm³/mol. The molecule has 1 fully saturated rings. The molecule has 0 radical (unpaired) electrons. The van der Waals surface area contributed by atoms with Gasteiger partial charge in [-0.2, -0.15) is 0 Å². The number of alkyl halides is 2. The minimum Gasteiger partial charge on any atom is -0.465 e. The van der Waals surface area contributed by atoms with Crippen LogP contribution in [0.1, 0.15) is 6.42 Å². The fourth-order valence-corrected chi connectivity index (χ4v) is 2.93. The van der Waals surface area contributed by atoms with E-state index in [9.17, 15) is 4.79 Å². The average molecular weight is 290 g/mol. The van der Waals surface area contributed by atoms with Gasteiger partial charge >= 0.3 is 6.09 Å². The first-order valence-electron chi connectivity index (χ1n) is 3.36. The highest BCUT2D eigenvalue weighted by atomic mass is 127. The Morgan fingerprint density at radius 3 is 2.73 bits per heavy atom. The van der Waals surface area contributed by atoms with Crippen molar-refractivity contribution in [1.82, 2.24) is 4.90 Å². The number of carbonyl (C=O) groups is 1. The lowest BCUT2D eigenvalue weighted by Crippen LogP contribution is -2.32. The summed E-state index contributed by atoms with van der Waals surface area (Å²) in [5, 5.41) is 8.67. The third kappa shape index (κ3) is 1.90. The minimum absolute atomic E-state index is 0.0580. The minimum atomic E-state index is -0.836. The van der Waals surface area contributed by atoms with Crippen molar-refractivity contribution in [3.8, 4) is 0 Å². The molecule has 0 saturated carbocycles. The van der Waals surface area contributed by atoms with Crippen LogP contribution in [0.2, 0.25) is 0 Å². The number of carboxylic acid groups (broad SMARTS) is 1. The fourth-order valence-electron chi connectivity index (χ4n) is 1.17. The molecular formula is C6H9ClINO2. The summed E-state index contributed by atoms with van der Waals surface area (Å²) in [7, 11) is 0. The highest BCUT2D eigenvalue weighted by Gasteiger charge is 2.34. The highest BCUT2D eigenvalue weighted by molar-refractivity contribution is 14.1. The van der Waals surface area contributed by atoms with Crippen molar-refractivity contribution in [2.24, 2.45) is 5.92 Å². The number of rotatable bonds is 1. The second-order valence-electron chi connectivity index (χ2n) is 2.55. The molecule has 64 valence electrons. The number of nitrogens with zero attached hydrogens (tertiary/aromatic N) is 1. The van der Waals surface area contributed by atoms with E-state index in [4.69, 9.17) is 16.7 Å². The van der Waals surface area contributed by atoms with Gasteiger partial charge in [0.2, 0.25) is 0 Å². The maximum absolute atomic E-state index is 10.6. The van der Waals surface area contributed by atoms with Crippen LogP contribution >= 0.6 is 34.2 Å². The molecule has 1 aliphatic rings. The molecule has 2 atom stereocenters. The molecule has 0 aromatic heterocycles. The van der Waals surface area contributed by atoms with E-state index in [0.29, 0.717) is 18.3 Å². The van der Waals surface area contributed by atoms with Crippen LogP contribution in [-0.2, 0) is 0 Å². The molecule has 5 heteroatoms. The summed E-state index contributed by atoms with van der Waals surface area (Å²) in [4.78, 5) is 12.0. The Morgan fingerprint density at radius 1 is 1.82 bits per heavy atom. The fraction of sp³-hybridized carbons (Fsp3) is 0.833. The van der Waals surface area contributed by atoms with Gasteiger partial charge in [0.1, 0.15) is 0 Å². The van der Waals surface area contributed by atoms with Crippen molar-refractivity contribution >= 4 is 40.3 Å². The molecule has 1 rings (SSSR count). The number of halogens is 2. The summed E-state index contributed by atoms with van der Waals surface area (Å²) < 4.78 is 0.0580. The molecule has 0 aromatic carbocycles. The normalized spacial score (nSPS) is 30.9. The molecule has 0 bridgehead atoms. The van der Waals surface area contributed by atoms with Crippen LogP contribution in [0.25, 0.3) is 0 Å². The molecule has 0 spiro atoms. The summed E-state index contributed by atoms with van der Waals surface area (Å²) >= 11 is 7.78. The molecule has 1 amide bonds. The first kappa shape index (κ1) is 9.38. The third-order valence-corrected chi connectivity index (χ3v) is 3.96. The number of amides is 1. The summed E-state index contributed by atoms with van der Waals surface area (Å²) in [6.45, 7) is 0.625. The third-order valence-electron chi connectivity index (χ3n) is 1.87. The van der Waals surface area contributed by atoms with Crippen LogP contribution in [0.4, 0.5) is 4.79 Å². The molecule has 1 heterocycles. The zero-order chi connectivity index (χ0) is 8.43. The van der Waals surface area contributed by atoms with E-state index in [1.165, 1.54) is 4.90 Å². The smallest absolute Gasteiger partial charge is 0.408 e. The van der Waals surface area contributed by atoms with Gasteiger partial charge in [0.15, 0.2) is 0 Å². The molecule has 3 nitrogen and oxygen atoms in total. The lowest BCUT2D eigenvalue weighted by molar-refractivity contribution is 0.152. The average Bonchev–Trinajstić information content (AvgIpc) is 2.30. The maximum Gasteiger partial charge on any atom is 0.408 e. The van der Waals surface area contributed by atoms with Gasteiger partial charge in [0, 0.05) is 18.3 Å². The van der Waals surface area contributed by atoms with Crippen LogP contribution in [0.15, 0.2) is 0 Å². The van der Waals surface area contributed by atoms with E-state index in [0.717, 1.165) is 6.42 Å². The van der Waals surface area contributed by atoms with Gasteiger partial charge in [-0.1, -0.05) is 22.6 Å². The second-order valence-corrected chi connectivity index (χ2v) is 4.14. The lowest BCUT2D eigenvalue weighted by atomic mass is 10.2. The molecular weight excluding hydrogens is 280 g/mol. The standard InChI is InChI=1S/C6H9ClINO2/c7-3-4-1-2-9(5(4)8)6(10)11/h4-5H,1-3H2,(H,10,11). The van der Waals surface area contributed by atoms with Gasteiger partial charge in [-0.05, 0) is 6.42 Å². The first-order chi connectivity index (χ1) is 5.16. The van der Waals surface area contributed by atoms with Crippen molar-refractivity contribution in [2.45, 2.75) is 10.5 Å². The summed E-state index contributed by atoms with van der Waals surface area (Å²) in [6, 6.07) is 0. The zero-order valence-electron chi connectivity index (χ0n) is 5.83. The van der Waals surface area contributed by atoms with E-state index in [-0.39, 0.29) is 4.05 Å². The molecule has 0 aliphatic carbocycles. The van der Waals surface area contributed by atoms with Crippen molar-refractivity contribution in [3.05, 3.63) is 0 Å². The maximum atomic E-state index is 10.6. The molecule has 11 heavy (non-hydrogen) atoms. The second kappa shape index (κ2) is 3.80. The largest absolute Gasteiger partial charge is 0.465 e. The Labute approximate surface area is 83.8 Å². The van der Waals surface area contributed by atoms with Crippen LogP contribution in [-0.4, -0.2) is 32.6 Å². The molecule has 1 N–H and O–H groups in total. The van der Waals surface area contributed by atoms with Gasteiger partial charge in [0.05, 0.1) is 4.05 Å². The summed E-state index contributed by atoms with van der Waals surface area (Å²) in [6.07, 6.45) is 0.0562. The molecule has 2 unspecified atom stereocenters. The van der Waals surface area contributed by atoms with E-state index in [2.05, 4.69) is 22.6 Å². The highest BCUT2D eigenvalue weighted by Crippen LogP contribution is 2.29. The first-order valence-corrected chi connectivity index (χ1v) is 5.14. The SMILES string of the molecule is O=C(O)N1CCC(CCl)C1I. The van der Waals surface area contributed by atoms with Crippen LogP contribution < -0.4 is 0 Å². The topological polar surface area (TPSA) is 40.5 Å². The molecule has 1 aliphatic heterocycles. The van der Waals surface area contributed by atoms with E-state index >= 15 is 0 Å². The van der Waals surface area contributed by atoms with Gasteiger partial charge in [0.25, 0.3) is 0 Å². The van der Waals surface area contributed by atoms with E-state index < -0.39 is 6.09 Å². The van der Waals surface area contributed by atoms with Crippen molar-refractivity contribution in [3.63, 3.8) is 0 Å². The molecule has 1 saturated heterocycles. The Kier molecular flexibility index (Phi) is 3.24. The monoisotopic (exact) mass is 289 g/mol. The number of hydrogen-bond donors (Lipinski definition) is 1. The zero-order valence-corrected chi connectivity index (χ0v) is 8.75. The van der Waals surface area contributed by atoms with Crippen LogP contribution in [0.5, 0.6) is 0 Å². The van der Waals surface area contributed by atoms with Gasteiger partial charge < -0.3 is 5.11 Å². The molecule has 0 aromatic rings. The van der Waals surface area contributed by atoms with Gasteiger partial charge in [-0.3, -0.25) is 4.90 Å². The van der Waals surface area contributed by atoms with Gasteiger partial charge in [-0.25, -0.2) is 4.79 Å². The Hall–Kier alpha value is 0.290. The Balaban J connectivity index is 2.55. The predicted octanol–water partition coefficient (Wildman–Crippen LogP) is 1.99. The van der Waals surface area contributed by atoms with Crippen molar-refractivity contribution in [2.75, 3.05) is 12.4 Å². The number of likely N-dealkylation sites (tertiary alicyclic amines) is 1. The van der Waals surface area contributed by atoms with Crippen LogP contribution in [0, 0.1) is 5.92 Å². The van der Waals surface area contributed by atoms with E-state index in [1.54, 1.807) is 0 Å². The van der Waals surface area contributed by atoms with Gasteiger partial charge in [-0.15, -0.1) is 11.6 Å². The van der Waals surface area contributed by atoms with Crippen molar-refractivity contribution in [1.29, 1.82) is 0 Å². The quantitative estimate of drug-likeness (QED) is 0.455. The van der Waals surface area contributed by atoms with E-state index in [1.807, 2.05) is 0 Å². The van der Waals surface area contributed by atoms with Crippen LogP contribution in [0.3, 0.4) is 0 Å². The summed E-state index contributed by atoms with van der Waals surface area (Å²) in [5.41, 5.74) is 0. The lowest BCUT2D eigenvalue weighted by Gasteiger charge is -2.18. The Morgan fingerprint density at radius 2 is 2.45 bits per heavy atom.